The summed E-state index contributed by atoms with van der Waals surface area (Å²) in [5, 5.41) is 6.06. The minimum Gasteiger partial charge on any atom is -0.494 e. The third-order valence-electron chi connectivity index (χ3n) is 5.69. The van der Waals surface area contributed by atoms with E-state index in [0.717, 1.165) is 30.8 Å². The number of benzene rings is 2. The van der Waals surface area contributed by atoms with Crippen molar-refractivity contribution in [1.82, 2.24) is 4.90 Å². The highest BCUT2D eigenvalue weighted by atomic mass is 16.5. The van der Waals surface area contributed by atoms with Gasteiger partial charge in [0, 0.05) is 30.4 Å². The Labute approximate surface area is 196 Å². The van der Waals surface area contributed by atoms with Crippen LogP contribution in [0.4, 0.5) is 11.4 Å². The molecule has 1 aliphatic heterocycles. The molecule has 0 saturated carbocycles. The van der Waals surface area contributed by atoms with Gasteiger partial charge >= 0.3 is 0 Å². The van der Waals surface area contributed by atoms with Crippen LogP contribution in [0.15, 0.2) is 36.4 Å². The molecule has 0 bridgehead atoms. The van der Waals surface area contributed by atoms with Gasteiger partial charge in [-0.2, -0.15) is 0 Å². The first kappa shape index (κ1) is 24.4. The van der Waals surface area contributed by atoms with Crippen molar-refractivity contribution in [2.75, 3.05) is 43.5 Å². The van der Waals surface area contributed by atoms with E-state index < -0.39 is 0 Å². The molecule has 0 aliphatic carbocycles. The van der Waals surface area contributed by atoms with Gasteiger partial charge in [0.2, 0.25) is 5.91 Å². The Balaban J connectivity index is 1.61. The number of aryl methyl sites for hydroxylation is 1. The highest BCUT2D eigenvalue weighted by Gasteiger charge is 2.22. The van der Waals surface area contributed by atoms with Gasteiger partial charge in [-0.1, -0.05) is 6.92 Å². The van der Waals surface area contributed by atoms with Gasteiger partial charge in [-0.25, -0.2) is 0 Å². The average Bonchev–Trinajstić information content (AvgIpc) is 2.79. The number of hydrogen-bond donors (Lipinski definition) is 2. The zero-order valence-corrected chi connectivity index (χ0v) is 20.1. The van der Waals surface area contributed by atoms with Gasteiger partial charge in [0.15, 0.2) is 0 Å². The number of anilines is 2. The van der Waals surface area contributed by atoms with E-state index in [0.29, 0.717) is 41.9 Å². The first-order valence-corrected chi connectivity index (χ1v) is 11.7. The van der Waals surface area contributed by atoms with Gasteiger partial charge in [-0.15, -0.1) is 0 Å². The summed E-state index contributed by atoms with van der Waals surface area (Å²) >= 11 is 0. The maximum atomic E-state index is 12.9. The third kappa shape index (κ3) is 6.63. The van der Waals surface area contributed by atoms with Crippen LogP contribution >= 0.6 is 0 Å². The molecule has 0 spiro atoms. The summed E-state index contributed by atoms with van der Waals surface area (Å²) in [6.45, 7) is 10.7. The van der Waals surface area contributed by atoms with Crippen LogP contribution in [0.3, 0.4) is 0 Å². The molecule has 2 amide bonds. The summed E-state index contributed by atoms with van der Waals surface area (Å²) in [6, 6.07) is 11.0. The molecule has 1 atom stereocenters. The van der Waals surface area contributed by atoms with Crippen molar-refractivity contribution in [3.63, 3.8) is 0 Å². The smallest absolute Gasteiger partial charge is 0.253 e. The molecule has 1 heterocycles. The predicted octanol–water partition coefficient (Wildman–Crippen LogP) is 4.72. The number of carbonyl (C=O) groups is 2. The van der Waals surface area contributed by atoms with Crippen molar-refractivity contribution < 1.29 is 19.1 Å². The van der Waals surface area contributed by atoms with E-state index >= 15 is 0 Å². The lowest BCUT2D eigenvalue weighted by Crippen LogP contribution is -2.39. The molecular formula is C26H35N3O4. The van der Waals surface area contributed by atoms with Gasteiger partial charge < -0.3 is 25.0 Å². The van der Waals surface area contributed by atoms with Crippen LogP contribution in [0, 0.1) is 12.8 Å². The number of hydrogen-bond acceptors (Lipinski definition) is 5. The lowest BCUT2D eigenvalue weighted by atomic mass is 9.99. The van der Waals surface area contributed by atoms with E-state index in [9.17, 15) is 9.59 Å². The molecule has 33 heavy (non-hydrogen) atoms. The maximum absolute atomic E-state index is 12.9. The predicted molar refractivity (Wildman–Crippen MR) is 131 cm³/mol. The molecule has 2 N–H and O–H groups in total. The molecule has 3 rings (SSSR count). The summed E-state index contributed by atoms with van der Waals surface area (Å²) in [4.78, 5) is 27.4. The monoisotopic (exact) mass is 453 g/mol. The first-order valence-electron chi connectivity index (χ1n) is 11.7. The SMILES string of the molecule is CCOc1ccc(OCC)c(NC(=O)CNc2ccc(C(=O)N3CCCC(C)C3)cc2C)c1. The summed E-state index contributed by atoms with van der Waals surface area (Å²) < 4.78 is 11.2. The largest absolute Gasteiger partial charge is 0.494 e. The number of nitrogens with zero attached hydrogens (tertiary/aromatic N) is 1. The maximum Gasteiger partial charge on any atom is 0.253 e. The summed E-state index contributed by atoms with van der Waals surface area (Å²) in [6.07, 6.45) is 2.23. The fourth-order valence-corrected chi connectivity index (χ4v) is 4.07. The van der Waals surface area contributed by atoms with Crippen LogP contribution in [0.25, 0.3) is 0 Å². The van der Waals surface area contributed by atoms with Gasteiger partial charge in [0.05, 0.1) is 25.4 Å². The van der Waals surface area contributed by atoms with E-state index in [1.165, 1.54) is 6.42 Å². The van der Waals surface area contributed by atoms with Crippen LogP contribution in [0.2, 0.25) is 0 Å². The number of carbonyl (C=O) groups excluding carboxylic acids is 2. The van der Waals surface area contributed by atoms with Crippen LogP contribution < -0.4 is 20.1 Å². The topological polar surface area (TPSA) is 79.9 Å². The first-order chi connectivity index (χ1) is 15.9. The van der Waals surface area contributed by atoms with Gasteiger partial charge in [0.25, 0.3) is 5.91 Å². The van der Waals surface area contributed by atoms with Crippen LogP contribution in [-0.2, 0) is 4.79 Å². The Morgan fingerprint density at radius 2 is 1.85 bits per heavy atom. The third-order valence-corrected chi connectivity index (χ3v) is 5.69. The highest BCUT2D eigenvalue weighted by Crippen LogP contribution is 2.29. The molecule has 7 heteroatoms. The molecule has 178 valence electrons. The van der Waals surface area contributed by atoms with Gasteiger partial charge in [-0.3, -0.25) is 9.59 Å². The number of amides is 2. The standard InChI is InChI=1S/C26H35N3O4/c1-5-32-21-10-12-24(33-6-2)23(15-21)28-25(30)16-27-22-11-9-20(14-19(22)4)26(31)29-13-7-8-18(3)17-29/h9-12,14-15,18,27H,5-8,13,16-17H2,1-4H3,(H,28,30). The van der Waals surface area contributed by atoms with E-state index in [1.807, 2.05) is 49.9 Å². The van der Waals surface area contributed by atoms with Crippen molar-refractivity contribution in [3.05, 3.63) is 47.5 Å². The minimum absolute atomic E-state index is 0.0755. The average molecular weight is 454 g/mol. The normalized spacial score (nSPS) is 15.6. The second-order valence-electron chi connectivity index (χ2n) is 8.45. The number of piperidine rings is 1. The van der Waals surface area contributed by atoms with E-state index in [2.05, 4.69) is 17.6 Å². The Kier molecular flexibility index (Phi) is 8.58. The number of rotatable bonds is 9. The molecule has 1 unspecified atom stereocenters. The second kappa shape index (κ2) is 11.6. The summed E-state index contributed by atoms with van der Waals surface area (Å²) in [5.74, 6) is 1.68. The van der Waals surface area contributed by atoms with Crippen molar-refractivity contribution >= 4 is 23.2 Å². The fraction of sp³-hybridized carbons (Fsp3) is 0.462. The molecule has 0 radical (unpaired) electrons. The summed E-state index contributed by atoms with van der Waals surface area (Å²) in [7, 11) is 0. The van der Waals surface area contributed by atoms with Crippen molar-refractivity contribution in [1.29, 1.82) is 0 Å². The zero-order chi connectivity index (χ0) is 23.8. The Hall–Kier alpha value is -3.22. The van der Waals surface area contributed by atoms with Gasteiger partial charge in [0.1, 0.15) is 11.5 Å². The van der Waals surface area contributed by atoms with E-state index in [1.54, 1.807) is 12.1 Å². The number of likely N-dealkylation sites (tertiary alicyclic amines) is 1. The summed E-state index contributed by atoms with van der Waals surface area (Å²) in [5.41, 5.74) is 3.00. The lowest BCUT2D eigenvalue weighted by Gasteiger charge is -2.31. The van der Waals surface area contributed by atoms with Crippen LogP contribution in [0.5, 0.6) is 11.5 Å². The number of ether oxygens (including phenoxy) is 2. The molecule has 1 saturated heterocycles. The molecule has 2 aromatic rings. The van der Waals surface area contributed by atoms with Crippen LogP contribution in [0.1, 0.15) is 49.5 Å². The van der Waals surface area contributed by atoms with E-state index in [4.69, 9.17) is 9.47 Å². The van der Waals surface area contributed by atoms with Crippen molar-refractivity contribution in [2.45, 2.75) is 40.5 Å². The van der Waals surface area contributed by atoms with E-state index in [-0.39, 0.29) is 18.4 Å². The second-order valence-corrected chi connectivity index (χ2v) is 8.45. The Morgan fingerprint density at radius 1 is 1.06 bits per heavy atom. The molecule has 2 aromatic carbocycles. The van der Waals surface area contributed by atoms with Gasteiger partial charge in [-0.05, 0) is 75.4 Å². The van der Waals surface area contributed by atoms with Crippen molar-refractivity contribution in [2.24, 2.45) is 5.92 Å². The highest BCUT2D eigenvalue weighted by molar-refractivity contribution is 5.96. The van der Waals surface area contributed by atoms with Crippen molar-refractivity contribution in [3.8, 4) is 11.5 Å². The molecule has 1 aliphatic rings. The Bertz CT molecular complexity index is 976. The van der Waals surface area contributed by atoms with Crippen LogP contribution in [-0.4, -0.2) is 49.6 Å². The molecule has 0 aromatic heterocycles. The lowest BCUT2D eigenvalue weighted by molar-refractivity contribution is -0.114. The Morgan fingerprint density at radius 3 is 2.55 bits per heavy atom. The molecule has 7 nitrogen and oxygen atoms in total. The fourth-order valence-electron chi connectivity index (χ4n) is 4.07. The minimum atomic E-state index is -0.202. The quantitative estimate of drug-likeness (QED) is 0.575. The molecule has 1 fully saturated rings. The molecular weight excluding hydrogens is 418 g/mol. The zero-order valence-electron chi connectivity index (χ0n) is 20.1. The number of nitrogens with one attached hydrogen (secondary N) is 2.